The van der Waals surface area contributed by atoms with E-state index in [9.17, 15) is 4.79 Å². The van der Waals surface area contributed by atoms with Gasteiger partial charge in [0.05, 0.1) is 0 Å². The summed E-state index contributed by atoms with van der Waals surface area (Å²) in [4.78, 5) is 12.3. The molecular formula is C22H28N2O2. The van der Waals surface area contributed by atoms with Crippen LogP contribution in [0.1, 0.15) is 37.8 Å². The highest BCUT2D eigenvalue weighted by molar-refractivity contribution is 5.92. The lowest BCUT2D eigenvalue weighted by Gasteiger charge is -2.21. The van der Waals surface area contributed by atoms with Crippen molar-refractivity contribution in [2.45, 2.75) is 39.5 Å². The van der Waals surface area contributed by atoms with Gasteiger partial charge in [-0.15, -0.1) is 0 Å². The number of hydrogen-bond acceptors (Lipinski definition) is 3. The lowest BCUT2D eigenvalue weighted by molar-refractivity contribution is -0.122. The van der Waals surface area contributed by atoms with Crippen LogP contribution in [0.5, 0.6) is 0 Å². The SMILES string of the molecule is CCc1cccc(CC)c1Nc1ccc(NC(=O)C2CCOCC2)cc1. The van der Waals surface area contributed by atoms with E-state index in [2.05, 4.69) is 42.7 Å². The number of anilines is 3. The van der Waals surface area contributed by atoms with Gasteiger partial charge in [0.1, 0.15) is 0 Å². The highest BCUT2D eigenvalue weighted by Gasteiger charge is 2.21. The van der Waals surface area contributed by atoms with E-state index in [0.29, 0.717) is 13.2 Å². The maximum Gasteiger partial charge on any atom is 0.227 e. The average Bonchev–Trinajstić information content (AvgIpc) is 2.70. The van der Waals surface area contributed by atoms with E-state index in [1.165, 1.54) is 16.8 Å². The van der Waals surface area contributed by atoms with Crippen LogP contribution in [-0.2, 0) is 22.4 Å². The van der Waals surface area contributed by atoms with Crippen molar-refractivity contribution in [2.24, 2.45) is 5.92 Å². The van der Waals surface area contributed by atoms with E-state index >= 15 is 0 Å². The normalized spacial score (nSPS) is 14.8. The van der Waals surface area contributed by atoms with Gasteiger partial charge in [0.25, 0.3) is 0 Å². The fourth-order valence-corrected chi connectivity index (χ4v) is 3.39. The lowest BCUT2D eigenvalue weighted by Crippen LogP contribution is -2.28. The number of aryl methyl sites for hydroxylation is 2. The van der Waals surface area contributed by atoms with Crippen molar-refractivity contribution in [3.05, 3.63) is 53.6 Å². The number of rotatable bonds is 6. The van der Waals surface area contributed by atoms with Gasteiger partial charge in [0.15, 0.2) is 0 Å². The Hall–Kier alpha value is -2.33. The Kier molecular flexibility index (Phi) is 6.29. The Balaban J connectivity index is 1.67. The number of ether oxygens (including phenoxy) is 1. The summed E-state index contributed by atoms with van der Waals surface area (Å²) in [5.74, 6) is 0.156. The first-order chi connectivity index (χ1) is 12.7. The molecule has 0 bridgehead atoms. The third kappa shape index (κ3) is 4.44. The van der Waals surface area contributed by atoms with Gasteiger partial charge in [-0.3, -0.25) is 4.79 Å². The van der Waals surface area contributed by atoms with E-state index in [1.54, 1.807) is 0 Å². The van der Waals surface area contributed by atoms with Crippen LogP contribution in [0.2, 0.25) is 0 Å². The summed E-state index contributed by atoms with van der Waals surface area (Å²) in [5.41, 5.74) is 5.72. The highest BCUT2D eigenvalue weighted by Crippen LogP contribution is 2.27. The first kappa shape index (κ1) is 18.5. The Morgan fingerprint density at radius 3 is 2.12 bits per heavy atom. The molecule has 3 rings (SSSR count). The molecule has 1 fully saturated rings. The number of benzene rings is 2. The number of carbonyl (C=O) groups excluding carboxylic acids is 1. The number of carbonyl (C=O) groups is 1. The van der Waals surface area contributed by atoms with E-state index in [1.807, 2.05) is 24.3 Å². The Labute approximate surface area is 156 Å². The fraction of sp³-hybridized carbons (Fsp3) is 0.409. The van der Waals surface area contributed by atoms with Gasteiger partial charge in [-0.05, 0) is 61.1 Å². The monoisotopic (exact) mass is 352 g/mol. The maximum absolute atomic E-state index is 12.3. The molecule has 1 saturated heterocycles. The zero-order valence-corrected chi connectivity index (χ0v) is 15.7. The Morgan fingerprint density at radius 1 is 0.962 bits per heavy atom. The van der Waals surface area contributed by atoms with Crippen molar-refractivity contribution in [1.82, 2.24) is 0 Å². The van der Waals surface area contributed by atoms with Gasteiger partial charge in [0.2, 0.25) is 5.91 Å². The van der Waals surface area contributed by atoms with E-state index in [4.69, 9.17) is 4.74 Å². The van der Waals surface area contributed by atoms with Crippen molar-refractivity contribution in [3.63, 3.8) is 0 Å². The minimum atomic E-state index is 0.0603. The number of para-hydroxylation sites is 1. The summed E-state index contributed by atoms with van der Waals surface area (Å²) in [6, 6.07) is 14.4. The van der Waals surface area contributed by atoms with Crippen molar-refractivity contribution in [2.75, 3.05) is 23.8 Å². The minimum Gasteiger partial charge on any atom is -0.381 e. The molecule has 1 amide bonds. The van der Waals surface area contributed by atoms with Crippen LogP contribution in [0.15, 0.2) is 42.5 Å². The zero-order chi connectivity index (χ0) is 18.4. The summed E-state index contributed by atoms with van der Waals surface area (Å²) in [6.07, 6.45) is 3.60. The third-order valence-corrected chi connectivity index (χ3v) is 5.01. The number of nitrogens with one attached hydrogen (secondary N) is 2. The highest BCUT2D eigenvalue weighted by atomic mass is 16.5. The molecule has 4 heteroatoms. The average molecular weight is 352 g/mol. The van der Waals surface area contributed by atoms with Crippen LogP contribution in [0.3, 0.4) is 0 Å². The van der Waals surface area contributed by atoms with Crippen molar-refractivity contribution < 1.29 is 9.53 Å². The van der Waals surface area contributed by atoms with Gasteiger partial charge < -0.3 is 15.4 Å². The quantitative estimate of drug-likeness (QED) is 0.776. The summed E-state index contributed by atoms with van der Waals surface area (Å²) in [5, 5.41) is 6.58. The summed E-state index contributed by atoms with van der Waals surface area (Å²) >= 11 is 0. The summed E-state index contributed by atoms with van der Waals surface area (Å²) in [7, 11) is 0. The Bertz CT molecular complexity index is 712. The molecule has 0 unspecified atom stereocenters. The molecule has 0 radical (unpaired) electrons. The van der Waals surface area contributed by atoms with Crippen LogP contribution >= 0.6 is 0 Å². The van der Waals surface area contributed by atoms with Crippen LogP contribution in [0, 0.1) is 5.92 Å². The number of hydrogen-bond donors (Lipinski definition) is 2. The van der Waals surface area contributed by atoms with Gasteiger partial charge >= 0.3 is 0 Å². The number of amides is 1. The molecule has 1 aliphatic rings. The molecule has 0 aromatic heterocycles. The first-order valence-electron chi connectivity index (χ1n) is 9.57. The largest absolute Gasteiger partial charge is 0.381 e. The van der Waals surface area contributed by atoms with E-state index < -0.39 is 0 Å². The topological polar surface area (TPSA) is 50.4 Å². The molecule has 138 valence electrons. The zero-order valence-electron chi connectivity index (χ0n) is 15.7. The molecule has 0 spiro atoms. The summed E-state index contributed by atoms with van der Waals surface area (Å²) < 4.78 is 5.32. The second kappa shape index (κ2) is 8.86. The molecular weight excluding hydrogens is 324 g/mol. The summed E-state index contributed by atoms with van der Waals surface area (Å²) in [6.45, 7) is 5.71. The predicted molar refractivity (Wildman–Crippen MR) is 107 cm³/mol. The molecule has 26 heavy (non-hydrogen) atoms. The van der Waals surface area contributed by atoms with Crippen LogP contribution < -0.4 is 10.6 Å². The van der Waals surface area contributed by atoms with Gasteiger partial charge in [-0.1, -0.05) is 32.0 Å². The molecule has 1 aliphatic heterocycles. The predicted octanol–water partition coefficient (Wildman–Crippen LogP) is 4.92. The second-order valence-electron chi connectivity index (χ2n) is 6.74. The smallest absolute Gasteiger partial charge is 0.227 e. The van der Waals surface area contributed by atoms with E-state index in [-0.39, 0.29) is 11.8 Å². The van der Waals surface area contributed by atoms with Crippen LogP contribution in [0.4, 0.5) is 17.1 Å². The molecule has 2 aromatic carbocycles. The van der Waals surface area contributed by atoms with Gasteiger partial charge in [-0.2, -0.15) is 0 Å². The first-order valence-corrected chi connectivity index (χ1v) is 9.57. The lowest BCUT2D eigenvalue weighted by atomic mass is 9.99. The molecule has 4 nitrogen and oxygen atoms in total. The van der Waals surface area contributed by atoms with Gasteiger partial charge in [-0.25, -0.2) is 0 Å². The Morgan fingerprint density at radius 2 is 1.54 bits per heavy atom. The fourth-order valence-electron chi connectivity index (χ4n) is 3.39. The second-order valence-corrected chi connectivity index (χ2v) is 6.74. The van der Waals surface area contributed by atoms with Crippen LogP contribution in [0.25, 0.3) is 0 Å². The molecule has 1 heterocycles. The third-order valence-electron chi connectivity index (χ3n) is 5.01. The molecule has 0 aliphatic carbocycles. The van der Waals surface area contributed by atoms with Gasteiger partial charge in [0, 0.05) is 36.2 Å². The molecule has 0 saturated carbocycles. The standard InChI is InChI=1S/C22H28N2O2/c1-3-16-6-5-7-17(4-2)21(16)23-19-8-10-20(11-9-19)24-22(25)18-12-14-26-15-13-18/h5-11,18,23H,3-4,12-15H2,1-2H3,(H,24,25). The maximum atomic E-state index is 12.3. The van der Waals surface area contributed by atoms with Crippen molar-refractivity contribution in [1.29, 1.82) is 0 Å². The van der Waals surface area contributed by atoms with Crippen LogP contribution in [-0.4, -0.2) is 19.1 Å². The minimum absolute atomic E-state index is 0.0603. The molecule has 2 N–H and O–H groups in total. The van der Waals surface area contributed by atoms with Crippen molar-refractivity contribution >= 4 is 23.0 Å². The molecule has 0 atom stereocenters. The van der Waals surface area contributed by atoms with E-state index in [0.717, 1.165) is 37.1 Å². The molecule has 2 aromatic rings. The van der Waals surface area contributed by atoms with Crippen molar-refractivity contribution in [3.8, 4) is 0 Å².